The number of nitrogens with zero attached hydrogens (tertiary/aromatic N) is 3. The molecule has 2 aromatic heterocycles. The van der Waals surface area contributed by atoms with Crippen LogP contribution < -0.4 is 0 Å². The van der Waals surface area contributed by atoms with Crippen LogP contribution in [0, 0.1) is 0 Å². The summed E-state index contributed by atoms with van der Waals surface area (Å²) >= 11 is 0.683. The molecule has 0 fully saturated rings. The van der Waals surface area contributed by atoms with Crippen LogP contribution >= 0.6 is 11.3 Å². The Bertz CT molecular complexity index is 3300. The highest BCUT2D eigenvalue weighted by atomic mass is 32.1. The molecule has 0 aliphatic heterocycles. The Hall–Kier alpha value is -5.45. The van der Waals surface area contributed by atoms with Crippen LogP contribution in [0.1, 0.15) is 27.4 Å². The Labute approximate surface area is 281 Å². The zero-order chi connectivity index (χ0) is 46.0. The van der Waals surface area contributed by atoms with Crippen molar-refractivity contribution >= 4 is 31.5 Å². The molecule has 8 aromatic rings. The van der Waals surface area contributed by atoms with E-state index < -0.39 is 160 Å². The van der Waals surface area contributed by atoms with E-state index in [4.69, 9.17) is 21.9 Å². The first-order valence-corrected chi connectivity index (χ1v) is 13.5. The monoisotopic (exact) mass is 587 g/mol. The molecule has 0 saturated heterocycles. The van der Waals surface area contributed by atoms with Gasteiger partial charge in [0.15, 0.2) is 17.5 Å². The van der Waals surface area contributed by atoms with Gasteiger partial charge in [-0.1, -0.05) is 139 Å². The molecular weight excluding hydrogens is 543 g/mol. The molecule has 0 saturated carbocycles. The molecule has 3 nitrogen and oxygen atoms in total. The van der Waals surface area contributed by atoms with Crippen molar-refractivity contribution in [1.82, 2.24) is 15.0 Å². The topological polar surface area (TPSA) is 38.7 Å². The van der Waals surface area contributed by atoms with Gasteiger partial charge in [0.1, 0.15) is 0 Å². The molecule has 0 aliphatic carbocycles. The number of fused-ring (bicyclic) bond motifs is 3. The Morgan fingerprint density at radius 3 is 1.84 bits per heavy atom. The van der Waals surface area contributed by atoms with Gasteiger partial charge in [0.25, 0.3) is 0 Å². The first-order chi connectivity index (χ1) is 29.6. The molecule has 0 radical (unpaired) electrons. The molecule has 0 atom stereocenters. The fourth-order valence-corrected chi connectivity index (χ4v) is 5.47. The van der Waals surface area contributed by atoms with Crippen LogP contribution in [0.5, 0.6) is 0 Å². The van der Waals surface area contributed by atoms with E-state index in [-0.39, 0.29) is 31.6 Å². The van der Waals surface area contributed by atoms with Gasteiger partial charge in [-0.05, 0) is 34.3 Å². The molecule has 2 heterocycles. The van der Waals surface area contributed by atoms with Gasteiger partial charge in [0.05, 0.1) is 27.4 Å². The van der Waals surface area contributed by atoms with Crippen LogP contribution in [0.15, 0.2) is 151 Å². The third kappa shape index (κ3) is 4.78. The summed E-state index contributed by atoms with van der Waals surface area (Å²) in [6, 6.07) is -6.17. The molecule has 6 aromatic carbocycles. The summed E-state index contributed by atoms with van der Waals surface area (Å²) in [5.41, 5.74) is -2.63. The van der Waals surface area contributed by atoms with Crippen molar-refractivity contribution in [2.75, 3.05) is 0 Å². The van der Waals surface area contributed by atoms with Crippen LogP contribution in [-0.2, 0) is 0 Å². The summed E-state index contributed by atoms with van der Waals surface area (Å²) in [7, 11) is 0. The lowest BCUT2D eigenvalue weighted by molar-refractivity contribution is 1.07. The van der Waals surface area contributed by atoms with Crippen LogP contribution in [0.3, 0.4) is 0 Å². The zero-order valence-corrected chi connectivity index (χ0v) is 22.5. The number of thiophene rings is 1. The third-order valence-corrected chi connectivity index (χ3v) is 7.42. The molecule has 43 heavy (non-hydrogen) atoms. The lowest BCUT2D eigenvalue weighted by Gasteiger charge is -2.08. The second-order valence-corrected chi connectivity index (χ2v) is 9.95. The van der Waals surface area contributed by atoms with Crippen molar-refractivity contribution in [3.63, 3.8) is 0 Å². The van der Waals surface area contributed by atoms with Crippen LogP contribution in [0.4, 0.5) is 0 Å². The number of benzene rings is 6. The van der Waals surface area contributed by atoms with E-state index in [1.165, 1.54) is 0 Å². The summed E-state index contributed by atoms with van der Waals surface area (Å²) in [6.07, 6.45) is 0. The van der Waals surface area contributed by atoms with E-state index in [9.17, 15) is 5.48 Å². The first-order valence-electron chi connectivity index (χ1n) is 22.7. The standard InChI is InChI=1S/C39H25N3S/c1-4-12-26(13-5-1)29-18-10-19-30(24-29)32-20-11-21-34-33-23-22-31(25-35(33)43-36(32)34)39-41-37(27-14-6-2-7-15-27)40-38(42-39)28-16-8-3-9-17-28/h1-25H/i1D,2D,4D,5D,6D,7D,10D,11D,12D,13D,14D,15D,18D,19D,20D,21D,22D,23D,24D,25D. The average Bonchev–Trinajstić information content (AvgIpc) is 3.68. The zero-order valence-electron chi connectivity index (χ0n) is 41.6. The maximum absolute atomic E-state index is 9.50. The summed E-state index contributed by atoms with van der Waals surface area (Å²) < 4.78 is 174. The van der Waals surface area contributed by atoms with Crippen molar-refractivity contribution in [2.45, 2.75) is 0 Å². The molecule has 0 aliphatic rings. The van der Waals surface area contributed by atoms with Crippen LogP contribution in [-0.4, -0.2) is 15.0 Å². The highest BCUT2D eigenvalue weighted by molar-refractivity contribution is 7.26. The van der Waals surface area contributed by atoms with Crippen molar-refractivity contribution in [2.24, 2.45) is 0 Å². The van der Waals surface area contributed by atoms with Crippen molar-refractivity contribution in [3.05, 3.63) is 151 Å². The van der Waals surface area contributed by atoms with Gasteiger partial charge in [-0.15, -0.1) is 11.3 Å². The molecule has 202 valence electrons. The predicted octanol–water partition coefficient (Wildman–Crippen LogP) is 10.6. The molecule has 4 heteroatoms. The SMILES string of the molecule is [2H]c1c([2H])c([2H])c(-c2nc(-c3ccccc3)nc(-c3c([2H])c([2H])c4c(sc5c(-c6c([2H])c([2H])c([2H])c(-c7c([2H])c([2H])c([2H])c([2H])c7[2H])c6[2H])c([2H])c([2H])c([2H])c54)c3[2H])n2)c([2H])c1[2H]. The van der Waals surface area contributed by atoms with Gasteiger partial charge in [0.2, 0.25) is 0 Å². The minimum atomic E-state index is -0.852. The van der Waals surface area contributed by atoms with Crippen LogP contribution in [0.2, 0.25) is 0 Å². The Balaban J connectivity index is 1.48. The highest BCUT2D eigenvalue weighted by Gasteiger charge is 2.15. The van der Waals surface area contributed by atoms with Crippen molar-refractivity contribution in [1.29, 1.82) is 0 Å². The molecule has 0 N–H and O–H groups in total. The Morgan fingerprint density at radius 1 is 0.442 bits per heavy atom. The first kappa shape index (κ1) is 12.0. The van der Waals surface area contributed by atoms with Gasteiger partial charge in [-0.2, -0.15) is 0 Å². The Morgan fingerprint density at radius 2 is 1.07 bits per heavy atom. The summed E-state index contributed by atoms with van der Waals surface area (Å²) in [6.45, 7) is 0. The largest absolute Gasteiger partial charge is 0.208 e. The maximum atomic E-state index is 9.50. The second-order valence-electron chi connectivity index (χ2n) is 8.93. The van der Waals surface area contributed by atoms with Gasteiger partial charge in [-0.25, -0.2) is 15.0 Å². The molecule has 8 rings (SSSR count). The third-order valence-electron chi connectivity index (χ3n) is 6.30. The molecule has 0 bridgehead atoms. The van der Waals surface area contributed by atoms with Crippen molar-refractivity contribution in [3.8, 4) is 56.4 Å². The smallest absolute Gasteiger partial charge is 0.164 e. The normalized spacial score (nSPS) is 17.8. The average molecular weight is 588 g/mol. The number of rotatable bonds is 5. The quantitative estimate of drug-likeness (QED) is 0.201. The van der Waals surface area contributed by atoms with Gasteiger partial charge < -0.3 is 0 Å². The second kappa shape index (κ2) is 10.8. The van der Waals surface area contributed by atoms with E-state index in [0.717, 1.165) is 0 Å². The van der Waals surface area contributed by atoms with Crippen molar-refractivity contribution < 1.29 is 27.4 Å². The molecule has 0 spiro atoms. The van der Waals surface area contributed by atoms with E-state index in [1.807, 2.05) is 0 Å². The van der Waals surface area contributed by atoms with Crippen LogP contribution in [0.25, 0.3) is 76.6 Å². The number of hydrogen-bond donors (Lipinski definition) is 0. The molecule has 0 unspecified atom stereocenters. The Kier molecular flexibility index (Phi) is 3.01. The molecular formula is C39H25N3S. The fourth-order valence-electron chi connectivity index (χ4n) is 4.35. The van der Waals surface area contributed by atoms with E-state index in [0.29, 0.717) is 16.9 Å². The lowest BCUT2D eigenvalue weighted by Crippen LogP contribution is -1.99. The summed E-state index contributed by atoms with van der Waals surface area (Å²) in [5.74, 6) is -0.893. The maximum Gasteiger partial charge on any atom is 0.164 e. The number of aromatic nitrogens is 3. The highest BCUT2D eigenvalue weighted by Crippen LogP contribution is 2.41. The van der Waals surface area contributed by atoms with Gasteiger partial charge in [-0.3, -0.25) is 0 Å². The predicted molar refractivity (Wildman–Crippen MR) is 180 cm³/mol. The number of hydrogen-bond acceptors (Lipinski definition) is 4. The minimum Gasteiger partial charge on any atom is -0.208 e. The summed E-state index contributed by atoms with van der Waals surface area (Å²) in [5, 5.41) is -0.432. The minimum absolute atomic E-state index is 0.0810. The van der Waals surface area contributed by atoms with E-state index >= 15 is 0 Å². The lowest BCUT2D eigenvalue weighted by atomic mass is 9.98. The van der Waals surface area contributed by atoms with Gasteiger partial charge >= 0.3 is 0 Å². The summed E-state index contributed by atoms with van der Waals surface area (Å²) in [4.78, 5) is 13.4. The van der Waals surface area contributed by atoms with Gasteiger partial charge in [0, 0.05) is 36.9 Å². The van der Waals surface area contributed by atoms with E-state index in [1.54, 1.807) is 30.3 Å². The fraction of sp³-hybridized carbons (Fsp3) is 0. The molecule has 0 amide bonds. The van der Waals surface area contributed by atoms with E-state index in [2.05, 4.69) is 15.0 Å².